The van der Waals surface area contributed by atoms with Gasteiger partial charge >= 0.3 is 5.97 Å². The largest absolute Gasteiger partial charge is 0.476 e. The second-order valence-corrected chi connectivity index (χ2v) is 4.89. The summed E-state index contributed by atoms with van der Waals surface area (Å²) in [5.74, 6) is -1.11. The molecule has 110 valence electrons. The second kappa shape index (κ2) is 5.77. The lowest BCUT2D eigenvalue weighted by Gasteiger charge is -2.08. The molecule has 0 fully saturated rings. The Balaban J connectivity index is 2.09. The topological polar surface area (TPSA) is 80.9 Å². The van der Waals surface area contributed by atoms with Gasteiger partial charge in [0, 0.05) is 6.20 Å². The molecule has 0 spiro atoms. The molecule has 0 aliphatic heterocycles. The molecular weight excluding hydrogens is 280 g/mol. The van der Waals surface area contributed by atoms with Crippen molar-refractivity contribution >= 4 is 5.97 Å². The average molecular weight is 294 g/mol. The number of benzene rings is 1. The zero-order chi connectivity index (χ0) is 15.5. The Kier molecular flexibility index (Phi) is 3.65. The average Bonchev–Trinajstić information content (AvgIpc) is 2.94. The lowest BCUT2D eigenvalue weighted by Crippen LogP contribution is -2.07. The van der Waals surface area contributed by atoms with Gasteiger partial charge in [-0.1, -0.05) is 35.5 Å². The molecule has 0 bridgehead atoms. The minimum atomic E-state index is -1.11. The van der Waals surface area contributed by atoms with Crippen molar-refractivity contribution in [2.75, 3.05) is 0 Å². The molecule has 2 aromatic heterocycles. The summed E-state index contributed by atoms with van der Waals surface area (Å²) in [6.07, 6.45) is 1.62. The lowest BCUT2D eigenvalue weighted by molar-refractivity contribution is 0.0691. The second-order valence-electron chi connectivity index (χ2n) is 4.89. The molecule has 0 amide bonds. The first-order chi connectivity index (χ1) is 10.7. The summed E-state index contributed by atoms with van der Waals surface area (Å²) in [5.41, 5.74) is 3.03. The number of aromatic nitrogens is 4. The number of carboxylic acids is 1. The molecule has 0 radical (unpaired) electrons. The molecule has 0 saturated carbocycles. The molecule has 3 aromatic rings. The number of rotatable bonds is 4. The summed E-state index contributed by atoms with van der Waals surface area (Å²) in [6.45, 7) is 2.45. The van der Waals surface area contributed by atoms with Crippen molar-refractivity contribution in [1.29, 1.82) is 0 Å². The van der Waals surface area contributed by atoms with E-state index in [2.05, 4.69) is 15.3 Å². The van der Waals surface area contributed by atoms with Crippen molar-refractivity contribution in [1.82, 2.24) is 20.0 Å². The van der Waals surface area contributed by atoms with Gasteiger partial charge in [0.1, 0.15) is 5.69 Å². The van der Waals surface area contributed by atoms with Crippen LogP contribution in [-0.4, -0.2) is 31.1 Å². The Bertz CT molecular complexity index is 812. The highest BCUT2D eigenvalue weighted by Gasteiger charge is 2.21. The molecule has 6 heteroatoms. The third-order valence-corrected chi connectivity index (χ3v) is 3.43. The molecule has 0 unspecified atom stereocenters. The molecule has 2 heterocycles. The van der Waals surface area contributed by atoms with Crippen molar-refractivity contribution in [3.05, 3.63) is 65.5 Å². The molecule has 0 saturated heterocycles. The monoisotopic (exact) mass is 294 g/mol. The van der Waals surface area contributed by atoms with E-state index in [9.17, 15) is 9.90 Å². The van der Waals surface area contributed by atoms with Gasteiger partial charge in [0.25, 0.3) is 0 Å². The number of carboxylic acid groups (broad SMARTS) is 1. The third kappa shape index (κ3) is 2.58. The number of pyridine rings is 1. The summed E-state index contributed by atoms with van der Waals surface area (Å²) < 4.78 is 1.58. The van der Waals surface area contributed by atoms with Crippen LogP contribution in [0, 0.1) is 6.92 Å². The number of aryl methyl sites for hydroxylation is 1. The zero-order valence-electron chi connectivity index (χ0n) is 12.0. The standard InChI is InChI=1S/C16H14N4O2/c1-11-6-2-3-7-12(11)10-20-15(13-8-4-5-9-17-13)14(16(21)22)18-19-20/h2-9H,10H2,1H3,(H,21,22). The molecule has 3 rings (SSSR count). The van der Waals surface area contributed by atoms with Gasteiger partial charge in [-0.3, -0.25) is 4.98 Å². The van der Waals surface area contributed by atoms with Gasteiger partial charge in [-0.15, -0.1) is 5.10 Å². The van der Waals surface area contributed by atoms with Gasteiger partial charge < -0.3 is 5.11 Å². The van der Waals surface area contributed by atoms with Gasteiger partial charge in [-0.2, -0.15) is 0 Å². The van der Waals surface area contributed by atoms with Crippen LogP contribution in [0.1, 0.15) is 21.6 Å². The van der Waals surface area contributed by atoms with E-state index in [4.69, 9.17) is 0 Å². The number of carbonyl (C=O) groups is 1. The highest BCUT2D eigenvalue weighted by molar-refractivity contribution is 5.92. The summed E-state index contributed by atoms with van der Waals surface area (Å²) >= 11 is 0. The van der Waals surface area contributed by atoms with E-state index in [0.717, 1.165) is 11.1 Å². The smallest absolute Gasteiger partial charge is 0.358 e. The fourth-order valence-corrected chi connectivity index (χ4v) is 2.27. The molecule has 0 aliphatic rings. The number of aromatic carboxylic acids is 1. The summed E-state index contributed by atoms with van der Waals surface area (Å²) in [4.78, 5) is 15.6. The highest BCUT2D eigenvalue weighted by atomic mass is 16.4. The molecule has 0 aliphatic carbocycles. The normalized spacial score (nSPS) is 10.6. The molecule has 1 aromatic carbocycles. The van der Waals surface area contributed by atoms with E-state index in [1.807, 2.05) is 31.2 Å². The van der Waals surface area contributed by atoms with Crippen LogP contribution in [-0.2, 0) is 6.54 Å². The van der Waals surface area contributed by atoms with Gasteiger partial charge in [-0.05, 0) is 30.2 Å². The predicted molar refractivity (Wildman–Crippen MR) is 80.5 cm³/mol. The van der Waals surface area contributed by atoms with Crippen LogP contribution < -0.4 is 0 Å². The summed E-state index contributed by atoms with van der Waals surface area (Å²) in [7, 11) is 0. The quantitative estimate of drug-likeness (QED) is 0.799. The minimum Gasteiger partial charge on any atom is -0.476 e. The van der Waals surface area contributed by atoms with Crippen LogP contribution >= 0.6 is 0 Å². The van der Waals surface area contributed by atoms with Crippen LogP contribution in [0.5, 0.6) is 0 Å². The summed E-state index contributed by atoms with van der Waals surface area (Å²) in [6, 6.07) is 13.2. The van der Waals surface area contributed by atoms with Gasteiger partial charge in [0.2, 0.25) is 0 Å². The number of nitrogens with zero attached hydrogens (tertiary/aromatic N) is 4. The Labute approximate surface area is 127 Å². The molecule has 0 atom stereocenters. The van der Waals surface area contributed by atoms with E-state index in [-0.39, 0.29) is 5.69 Å². The van der Waals surface area contributed by atoms with E-state index in [0.29, 0.717) is 17.9 Å². The molecule has 22 heavy (non-hydrogen) atoms. The first-order valence-electron chi connectivity index (χ1n) is 6.79. The highest BCUT2D eigenvalue weighted by Crippen LogP contribution is 2.21. The van der Waals surface area contributed by atoms with Crippen molar-refractivity contribution in [3.63, 3.8) is 0 Å². The fraction of sp³-hybridized carbons (Fsp3) is 0.125. The summed E-state index contributed by atoms with van der Waals surface area (Å²) in [5, 5.41) is 17.1. The SMILES string of the molecule is Cc1ccccc1Cn1nnc(C(=O)O)c1-c1ccccn1. The Morgan fingerprint density at radius 1 is 1.18 bits per heavy atom. The zero-order valence-corrected chi connectivity index (χ0v) is 12.0. The van der Waals surface area contributed by atoms with Crippen molar-refractivity contribution in [2.45, 2.75) is 13.5 Å². The van der Waals surface area contributed by atoms with Crippen molar-refractivity contribution in [2.24, 2.45) is 0 Å². The van der Waals surface area contributed by atoms with E-state index in [1.54, 1.807) is 29.1 Å². The van der Waals surface area contributed by atoms with Crippen LogP contribution in [0.25, 0.3) is 11.4 Å². The van der Waals surface area contributed by atoms with E-state index < -0.39 is 5.97 Å². The predicted octanol–water partition coefficient (Wildman–Crippen LogP) is 2.40. The Morgan fingerprint density at radius 2 is 1.95 bits per heavy atom. The van der Waals surface area contributed by atoms with Crippen LogP contribution in [0.4, 0.5) is 0 Å². The maximum Gasteiger partial charge on any atom is 0.358 e. The number of hydrogen-bond acceptors (Lipinski definition) is 4. The number of hydrogen-bond donors (Lipinski definition) is 1. The van der Waals surface area contributed by atoms with E-state index in [1.165, 1.54) is 0 Å². The molecular formula is C16H14N4O2. The van der Waals surface area contributed by atoms with Gasteiger partial charge in [-0.25, -0.2) is 9.48 Å². The van der Waals surface area contributed by atoms with Crippen molar-refractivity contribution < 1.29 is 9.90 Å². The first-order valence-corrected chi connectivity index (χ1v) is 6.79. The maximum absolute atomic E-state index is 11.4. The van der Waals surface area contributed by atoms with Gasteiger partial charge in [0.15, 0.2) is 5.69 Å². The van der Waals surface area contributed by atoms with Crippen LogP contribution in [0.3, 0.4) is 0 Å². The lowest BCUT2D eigenvalue weighted by atomic mass is 10.1. The van der Waals surface area contributed by atoms with Gasteiger partial charge in [0.05, 0.1) is 12.2 Å². The molecule has 1 N–H and O–H groups in total. The minimum absolute atomic E-state index is 0.0905. The van der Waals surface area contributed by atoms with Crippen molar-refractivity contribution in [3.8, 4) is 11.4 Å². The molecule has 6 nitrogen and oxygen atoms in total. The maximum atomic E-state index is 11.4. The van der Waals surface area contributed by atoms with E-state index >= 15 is 0 Å². The van der Waals surface area contributed by atoms with Crippen LogP contribution in [0.2, 0.25) is 0 Å². The fourth-order valence-electron chi connectivity index (χ4n) is 2.27. The Morgan fingerprint density at radius 3 is 2.64 bits per heavy atom. The Hall–Kier alpha value is -3.02. The first kappa shape index (κ1) is 13.9. The third-order valence-electron chi connectivity index (χ3n) is 3.43. The van der Waals surface area contributed by atoms with Crippen LogP contribution in [0.15, 0.2) is 48.7 Å².